The van der Waals surface area contributed by atoms with Crippen molar-refractivity contribution in [2.45, 2.75) is 63.9 Å². The molecular weight excluding hydrogens is 375 g/mol. The third-order valence-corrected chi connectivity index (χ3v) is 5.66. The zero-order valence-corrected chi connectivity index (χ0v) is 16.4. The molecule has 1 saturated carbocycles. The maximum atomic E-state index is 14.3. The Balaban J connectivity index is 2.12. The van der Waals surface area contributed by atoms with Crippen LogP contribution in [0, 0.1) is 5.82 Å². The van der Waals surface area contributed by atoms with Crippen LogP contribution in [0.2, 0.25) is 0 Å². The molecule has 0 unspecified atom stereocenters. The Morgan fingerprint density at radius 1 is 1.19 bits per heavy atom. The summed E-state index contributed by atoms with van der Waals surface area (Å²) in [6, 6.07) is 3.69. The summed E-state index contributed by atoms with van der Waals surface area (Å²) in [4.78, 5) is 12.1. The summed E-state index contributed by atoms with van der Waals surface area (Å²) >= 11 is 0. The van der Waals surface area contributed by atoms with Crippen molar-refractivity contribution in [3.63, 3.8) is 0 Å². The van der Waals surface area contributed by atoms with Crippen LogP contribution in [0.1, 0.15) is 68.6 Å². The molecule has 0 bridgehead atoms. The van der Waals surface area contributed by atoms with Gasteiger partial charge in [-0.1, -0.05) is 26.2 Å². The first kappa shape index (κ1) is 21.6. The van der Waals surface area contributed by atoms with Crippen molar-refractivity contribution in [3.8, 4) is 5.75 Å². The van der Waals surface area contributed by atoms with Crippen LogP contribution < -0.4 is 4.74 Å². The lowest BCUT2D eigenvalue weighted by molar-refractivity contribution is 0.0325. The zero-order chi connectivity index (χ0) is 19.9. The van der Waals surface area contributed by atoms with E-state index in [4.69, 9.17) is 14.0 Å². The summed E-state index contributed by atoms with van der Waals surface area (Å²) < 4.78 is 55.2. The quantitative estimate of drug-likeness (QED) is 0.544. The number of ether oxygens (including phenoxy) is 2. The second kappa shape index (κ2) is 9.50. The highest BCUT2D eigenvalue weighted by Gasteiger charge is 2.31. The van der Waals surface area contributed by atoms with Crippen LogP contribution >= 0.6 is 0 Å². The average Bonchev–Trinajstić information content (AvgIpc) is 2.58. The summed E-state index contributed by atoms with van der Waals surface area (Å²) in [5.41, 5.74) is -0.381. The van der Waals surface area contributed by atoms with Gasteiger partial charge in [0.2, 0.25) is 0 Å². The molecule has 0 heterocycles. The summed E-state index contributed by atoms with van der Waals surface area (Å²) in [6.07, 6.45) is 7.94. The van der Waals surface area contributed by atoms with Crippen LogP contribution in [0.15, 0.2) is 18.2 Å². The molecular formula is C19H27FO6S. The van der Waals surface area contributed by atoms with E-state index >= 15 is 0 Å². The Hall–Kier alpha value is -1.67. The predicted molar refractivity (Wildman–Crippen MR) is 99.1 cm³/mol. The standard InChI is InChI=1S/C19H27FO6S/c1-2-19(10-6-4-3-5-7-11-19)26-17-14-15(8-9-16(17)20)18(21)25-12-13-27(22,23)24/h8-9,14H,2-7,10-13H2,1H3,(H,22,23,24). The normalized spacial score (nSPS) is 17.6. The van der Waals surface area contributed by atoms with Gasteiger partial charge in [0.15, 0.2) is 11.6 Å². The fourth-order valence-electron chi connectivity index (χ4n) is 3.34. The summed E-state index contributed by atoms with van der Waals surface area (Å²) in [7, 11) is -4.22. The van der Waals surface area contributed by atoms with E-state index in [1.807, 2.05) is 6.92 Å². The molecule has 1 aliphatic rings. The van der Waals surface area contributed by atoms with E-state index in [2.05, 4.69) is 0 Å². The number of hydrogen-bond acceptors (Lipinski definition) is 5. The topological polar surface area (TPSA) is 89.9 Å². The van der Waals surface area contributed by atoms with Gasteiger partial charge in [0.25, 0.3) is 10.1 Å². The summed E-state index contributed by atoms with van der Waals surface area (Å²) in [5.74, 6) is -2.05. The second-order valence-electron chi connectivity index (χ2n) is 6.97. The van der Waals surface area contributed by atoms with E-state index < -0.39 is 39.9 Å². The molecule has 1 aromatic carbocycles. The molecule has 1 N–H and O–H groups in total. The molecule has 0 aliphatic heterocycles. The van der Waals surface area contributed by atoms with Gasteiger partial charge in [-0.25, -0.2) is 9.18 Å². The van der Waals surface area contributed by atoms with Gasteiger partial charge in [0.1, 0.15) is 18.0 Å². The number of esters is 1. The van der Waals surface area contributed by atoms with E-state index in [0.717, 1.165) is 51.0 Å². The highest BCUT2D eigenvalue weighted by molar-refractivity contribution is 7.85. The van der Waals surface area contributed by atoms with Gasteiger partial charge in [-0.15, -0.1) is 0 Å². The van der Waals surface area contributed by atoms with Crippen molar-refractivity contribution >= 4 is 16.1 Å². The van der Waals surface area contributed by atoms with E-state index in [-0.39, 0.29) is 11.3 Å². The molecule has 152 valence electrons. The van der Waals surface area contributed by atoms with Gasteiger partial charge in [-0.3, -0.25) is 4.55 Å². The lowest BCUT2D eigenvalue weighted by Gasteiger charge is -2.35. The Bertz CT molecular complexity index is 739. The fraction of sp³-hybridized carbons (Fsp3) is 0.632. The van der Waals surface area contributed by atoms with Gasteiger partial charge in [-0.05, 0) is 50.3 Å². The van der Waals surface area contributed by atoms with Crippen LogP contribution in [0.5, 0.6) is 5.75 Å². The van der Waals surface area contributed by atoms with Crippen molar-refractivity contribution < 1.29 is 31.6 Å². The minimum absolute atomic E-state index is 0.00153. The summed E-state index contributed by atoms with van der Waals surface area (Å²) in [5, 5.41) is 0. The first-order valence-electron chi connectivity index (χ1n) is 9.35. The first-order chi connectivity index (χ1) is 12.7. The Labute approximate surface area is 159 Å². The molecule has 1 aromatic rings. The number of carbonyl (C=O) groups excluding carboxylic acids is 1. The van der Waals surface area contributed by atoms with E-state index in [0.29, 0.717) is 0 Å². The molecule has 0 aromatic heterocycles. The van der Waals surface area contributed by atoms with Crippen molar-refractivity contribution in [1.82, 2.24) is 0 Å². The fourth-order valence-corrected chi connectivity index (χ4v) is 3.64. The number of halogens is 1. The summed E-state index contributed by atoms with van der Waals surface area (Å²) in [6.45, 7) is 1.54. The lowest BCUT2D eigenvalue weighted by atomic mass is 9.85. The van der Waals surface area contributed by atoms with Crippen molar-refractivity contribution in [3.05, 3.63) is 29.6 Å². The van der Waals surface area contributed by atoms with Gasteiger partial charge in [0.05, 0.1) is 5.56 Å². The number of carbonyl (C=O) groups is 1. The Morgan fingerprint density at radius 2 is 1.81 bits per heavy atom. The molecule has 27 heavy (non-hydrogen) atoms. The van der Waals surface area contributed by atoms with Crippen molar-refractivity contribution in [2.24, 2.45) is 0 Å². The molecule has 0 amide bonds. The van der Waals surface area contributed by atoms with Crippen molar-refractivity contribution in [1.29, 1.82) is 0 Å². The molecule has 6 nitrogen and oxygen atoms in total. The first-order valence-corrected chi connectivity index (χ1v) is 11.0. The predicted octanol–water partition coefficient (Wildman–Crippen LogP) is 4.14. The van der Waals surface area contributed by atoms with Gasteiger partial charge in [-0.2, -0.15) is 8.42 Å². The van der Waals surface area contributed by atoms with E-state index in [9.17, 15) is 17.6 Å². The molecule has 1 fully saturated rings. The van der Waals surface area contributed by atoms with Gasteiger partial charge in [0, 0.05) is 0 Å². The maximum Gasteiger partial charge on any atom is 0.338 e. The van der Waals surface area contributed by atoms with Crippen LogP contribution in [-0.4, -0.2) is 36.9 Å². The zero-order valence-electron chi connectivity index (χ0n) is 15.6. The number of hydrogen-bond donors (Lipinski definition) is 1. The molecule has 0 spiro atoms. The van der Waals surface area contributed by atoms with E-state index in [1.54, 1.807) is 0 Å². The molecule has 0 saturated heterocycles. The molecule has 0 atom stereocenters. The molecule has 2 rings (SSSR count). The third-order valence-electron chi connectivity index (χ3n) is 4.98. The van der Waals surface area contributed by atoms with Gasteiger partial charge >= 0.3 is 5.97 Å². The van der Waals surface area contributed by atoms with Crippen molar-refractivity contribution in [2.75, 3.05) is 12.4 Å². The van der Waals surface area contributed by atoms with Crippen LogP contribution in [0.3, 0.4) is 0 Å². The molecule has 0 radical (unpaired) electrons. The third kappa shape index (κ3) is 6.77. The molecule has 1 aliphatic carbocycles. The number of rotatable bonds is 7. The van der Waals surface area contributed by atoms with Crippen LogP contribution in [-0.2, 0) is 14.9 Å². The highest BCUT2D eigenvalue weighted by atomic mass is 32.2. The maximum absolute atomic E-state index is 14.3. The highest BCUT2D eigenvalue weighted by Crippen LogP contribution is 2.35. The average molecular weight is 402 g/mol. The largest absolute Gasteiger partial charge is 0.484 e. The Kier molecular flexibility index (Phi) is 7.61. The minimum Gasteiger partial charge on any atom is -0.484 e. The van der Waals surface area contributed by atoms with E-state index in [1.165, 1.54) is 18.6 Å². The lowest BCUT2D eigenvalue weighted by Crippen LogP contribution is -2.36. The monoisotopic (exact) mass is 402 g/mol. The smallest absolute Gasteiger partial charge is 0.338 e. The Morgan fingerprint density at radius 3 is 2.41 bits per heavy atom. The van der Waals surface area contributed by atoms with Gasteiger partial charge < -0.3 is 9.47 Å². The minimum atomic E-state index is -4.22. The van der Waals surface area contributed by atoms with Crippen LogP contribution in [0.25, 0.3) is 0 Å². The molecule has 8 heteroatoms. The second-order valence-corrected chi connectivity index (χ2v) is 8.55. The van der Waals surface area contributed by atoms with Crippen LogP contribution in [0.4, 0.5) is 4.39 Å². The number of benzene rings is 1. The SMILES string of the molecule is CCC1(Oc2cc(C(=O)OCCS(=O)(=O)O)ccc2F)CCCCCCC1.